The molecule has 1 saturated heterocycles. The molecular formula is C16H21N3. The Balaban J connectivity index is 1.87. The lowest BCUT2D eigenvalue weighted by molar-refractivity contribution is 0.399. The molecule has 1 fully saturated rings. The topological polar surface area (TPSA) is 40.7 Å². The maximum atomic E-state index is 4.56. The highest BCUT2D eigenvalue weighted by Gasteiger charge is 2.18. The summed E-state index contributed by atoms with van der Waals surface area (Å²) in [6.45, 7) is 5.38. The van der Waals surface area contributed by atoms with Gasteiger partial charge in [0, 0.05) is 5.56 Å². The summed E-state index contributed by atoms with van der Waals surface area (Å²) in [5.41, 5.74) is 4.97. The molecule has 1 aromatic carbocycles. The van der Waals surface area contributed by atoms with Gasteiger partial charge in [0.25, 0.3) is 0 Å². The summed E-state index contributed by atoms with van der Waals surface area (Å²) in [5.74, 6) is 1.08. The van der Waals surface area contributed by atoms with Crippen LogP contribution in [0, 0.1) is 13.8 Å². The smallest absolute Gasteiger partial charge is 0.123 e. The first-order chi connectivity index (χ1) is 9.24. The van der Waals surface area contributed by atoms with Gasteiger partial charge < -0.3 is 10.3 Å². The third-order valence-corrected chi connectivity index (χ3v) is 3.91. The van der Waals surface area contributed by atoms with Gasteiger partial charge in [-0.25, -0.2) is 4.98 Å². The molecule has 100 valence electrons. The molecule has 0 radical (unpaired) electrons. The fourth-order valence-corrected chi connectivity index (χ4v) is 2.85. The lowest BCUT2D eigenvalue weighted by atomic mass is 10.0. The Bertz CT molecular complexity index is 565. The molecule has 2 heterocycles. The van der Waals surface area contributed by atoms with Gasteiger partial charge in [0.05, 0.1) is 17.9 Å². The Labute approximate surface area is 114 Å². The van der Waals surface area contributed by atoms with Crippen molar-refractivity contribution in [3.8, 4) is 11.3 Å². The number of aromatic nitrogens is 2. The normalized spacial score (nSPS) is 19.6. The van der Waals surface area contributed by atoms with Crippen LogP contribution in [-0.4, -0.2) is 16.5 Å². The summed E-state index contributed by atoms with van der Waals surface area (Å²) >= 11 is 0. The minimum absolute atomic E-state index is 0.397. The molecule has 3 nitrogen and oxygen atoms in total. The standard InChI is InChI=1S/C16H21N3/c1-11-6-7-13(12(2)9-11)15-10-18-16(19-15)14-5-3-4-8-17-14/h6-7,9-10,14,17H,3-5,8H2,1-2H3,(H,18,19). The van der Waals surface area contributed by atoms with Crippen molar-refractivity contribution in [1.29, 1.82) is 0 Å². The first-order valence-electron chi connectivity index (χ1n) is 7.10. The van der Waals surface area contributed by atoms with Gasteiger partial charge in [0.1, 0.15) is 5.82 Å². The quantitative estimate of drug-likeness (QED) is 0.862. The van der Waals surface area contributed by atoms with Gasteiger partial charge in [-0.2, -0.15) is 0 Å². The summed E-state index contributed by atoms with van der Waals surface area (Å²) in [7, 11) is 0. The van der Waals surface area contributed by atoms with Crippen LogP contribution in [0.4, 0.5) is 0 Å². The molecule has 1 aromatic heterocycles. The lowest BCUT2D eigenvalue weighted by Gasteiger charge is -2.21. The first-order valence-corrected chi connectivity index (χ1v) is 7.10. The fraction of sp³-hybridized carbons (Fsp3) is 0.438. The number of benzene rings is 1. The van der Waals surface area contributed by atoms with Gasteiger partial charge in [-0.3, -0.25) is 0 Å². The third kappa shape index (κ3) is 2.56. The van der Waals surface area contributed by atoms with E-state index in [9.17, 15) is 0 Å². The van der Waals surface area contributed by atoms with E-state index in [-0.39, 0.29) is 0 Å². The zero-order valence-electron chi connectivity index (χ0n) is 11.7. The van der Waals surface area contributed by atoms with E-state index in [2.05, 4.69) is 47.3 Å². The Kier molecular flexibility index (Phi) is 3.38. The monoisotopic (exact) mass is 255 g/mol. The van der Waals surface area contributed by atoms with Crippen LogP contribution >= 0.6 is 0 Å². The van der Waals surface area contributed by atoms with Crippen molar-refractivity contribution in [2.45, 2.75) is 39.2 Å². The van der Waals surface area contributed by atoms with Gasteiger partial charge in [0.2, 0.25) is 0 Å². The highest BCUT2D eigenvalue weighted by molar-refractivity contribution is 5.63. The number of hydrogen-bond donors (Lipinski definition) is 2. The molecule has 19 heavy (non-hydrogen) atoms. The van der Waals surface area contributed by atoms with Crippen LogP contribution in [0.2, 0.25) is 0 Å². The number of aryl methyl sites for hydroxylation is 2. The predicted molar refractivity (Wildman–Crippen MR) is 78.1 cm³/mol. The molecule has 1 aliphatic heterocycles. The molecule has 1 atom stereocenters. The van der Waals surface area contributed by atoms with E-state index < -0.39 is 0 Å². The van der Waals surface area contributed by atoms with E-state index in [0.29, 0.717) is 6.04 Å². The van der Waals surface area contributed by atoms with Crippen molar-refractivity contribution >= 4 is 0 Å². The summed E-state index contributed by atoms with van der Waals surface area (Å²) in [6, 6.07) is 6.94. The van der Waals surface area contributed by atoms with Gasteiger partial charge >= 0.3 is 0 Å². The van der Waals surface area contributed by atoms with Crippen LogP contribution in [0.25, 0.3) is 11.3 Å². The maximum absolute atomic E-state index is 4.56. The molecule has 1 aliphatic rings. The number of hydrogen-bond acceptors (Lipinski definition) is 2. The summed E-state index contributed by atoms with van der Waals surface area (Å²) < 4.78 is 0. The molecule has 0 spiro atoms. The van der Waals surface area contributed by atoms with Crippen LogP contribution in [0.5, 0.6) is 0 Å². The molecule has 1 unspecified atom stereocenters. The maximum Gasteiger partial charge on any atom is 0.123 e. The van der Waals surface area contributed by atoms with Gasteiger partial charge in [-0.05, 0) is 38.8 Å². The second-order valence-corrected chi connectivity index (χ2v) is 5.50. The minimum Gasteiger partial charge on any atom is -0.341 e. The number of H-pyrrole nitrogens is 1. The summed E-state index contributed by atoms with van der Waals surface area (Å²) in [5, 5.41) is 3.53. The van der Waals surface area contributed by atoms with Gasteiger partial charge in [-0.15, -0.1) is 0 Å². The minimum atomic E-state index is 0.397. The largest absolute Gasteiger partial charge is 0.341 e. The Hall–Kier alpha value is -1.61. The molecule has 2 aromatic rings. The third-order valence-electron chi connectivity index (χ3n) is 3.91. The van der Waals surface area contributed by atoms with Crippen LogP contribution in [0.3, 0.4) is 0 Å². The second-order valence-electron chi connectivity index (χ2n) is 5.50. The molecule has 3 rings (SSSR count). The van der Waals surface area contributed by atoms with Gasteiger partial charge in [-0.1, -0.05) is 30.2 Å². The number of nitrogens with one attached hydrogen (secondary N) is 2. The van der Waals surface area contributed by atoms with Crippen molar-refractivity contribution in [1.82, 2.24) is 15.3 Å². The lowest BCUT2D eigenvalue weighted by Crippen LogP contribution is -2.27. The zero-order valence-corrected chi connectivity index (χ0v) is 11.7. The fourth-order valence-electron chi connectivity index (χ4n) is 2.85. The average molecular weight is 255 g/mol. The molecule has 0 bridgehead atoms. The van der Waals surface area contributed by atoms with Crippen molar-refractivity contribution in [3.05, 3.63) is 41.3 Å². The van der Waals surface area contributed by atoms with E-state index >= 15 is 0 Å². The van der Waals surface area contributed by atoms with Crippen molar-refractivity contribution in [3.63, 3.8) is 0 Å². The van der Waals surface area contributed by atoms with Crippen LogP contribution in [0.15, 0.2) is 24.4 Å². The molecule has 0 amide bonds. The summed E-state index contributed by atoms with van der Waals surface area (Å²) in [4.78, 5) is 8.05. The van der Waals surface area contributed by atoms with Crippen LogP contribution < -0.4 is 5.32 Å². The highest BCUT2D eigenvalue weighted by atomic mass is 15.0. The number of rotatable bonds is 2. The first kappa shape index (κ1) is 12.4. The number of aromatic amines is 1. The Morgan fingerprint density at radius 3 is 2.84 bits per heavy atom. The molecule has 3 heteroatoms. The molecule has 0 aliphatic carbocycles. The van der Waals surface area contributed by atoms with E-state index in [4.69, 9.17) is 0 Å². The van der Waals surface area contributed by atoms with Crippen LogP contribution in [0.1, 0.15) is 42.3 Å². The second kappa shape index (κ2) is 5.17. The number of imidazole rings is 1. The van der Waals surface area contributed by atoms with Crippen LogP contribution in [-0.2, 0) is 0 Å². The SMILES string of the molecule is Cc1ccc(-c2cnc(C3CCCCN3)[nH]2)c(C)c1. The van der Waals surface area contributed by atoms with Crippen molar-refractivity contribution in [2.24, 2.45) is 0 Å². The Morgan fingerprint density at radius 2 is 2.11 bits per heavy atom. The summed E-state index contributed by atoms with van der Waals surface area (Å²) in [6.07, 6.45) is 5.71. The Morgan fingerprint density at radius 1 is 1.21 bits per heavy atom. The number of nitrogens with zero attached hydrogens (tertiary/aromatic N) is 1. The van der Waals surface area contributed by atoms with E-state index in [0.717, 1.165) is 18.1 Å². The molecule has 2 N–H and O–H groups in total. The average Bonchev–Trinajstić information content (AvgIpc) is 2.89. The van der Waals surface area contributed by atoms with Crippen molar-refractivity contribution in [2.75, 3.05) is 6.54 Å². The number of piperidine rings is 1. The van der Waals surface area contributed by atoms with E-state index in [1.807, 2.05) is 6.20 Å². The van der Waals surface area contributed by atoms with Gasteiger partial charge in [0.15, 0.2) is 0 Å². The predicted octanol–water partition coefficient (Wildman–Crippen LogP) is 3.51. The van der Waals surface area contributed by atoms with E-state index in [1.165, 1.54) is 36.0 Å². The highest BCUT2D eigenvalue weighted by Crippen LogP contribution is 2.26. The molecular weight excluding hydrogens is 234 g/mol. The molecule has 0 saturated carbocycles. The van der Waals surface area contributed by atoms with Crippen molar-refractivity contribution < 1.29 is 0 Å². The zero-order chi connectivity index (χ0) is 13.2. The van der Waals surface area contributed by atoms with E-state index in [1.54, 1.807) is 0 Å².